The van der Waals surface area contributed by atoms with Crippen LogP contribution >= 0.6 is 11.3 Å². The van der Waals surface area contributed by atoms with Crippen LogP contribution in [-0.4, -0.2) is 51.6 Å². The second-order valence-electron chi connectivity index (χ2n) is 3.46. The summed E-state index contributed by atoms with van der Waals surface area (Å²) in [6, 6.07) is 0. The molecule has 4 N–H and O–H groups in total. The highest BCUT2D eigenvalue weighted by Crippen LogP contribution is 2.10. The molecule has 0 radical (unpaired) electrons. The zero-order chi connectivity index (χ0) is 12.2. The molecule has 0 aliphatic rings. The fourth-order valence-corrected chi connectivity index (χ4v) is 1.63. The Morgan fingerprint density at radius 1 is 1.44 bits per heavy atom. The van der Waals surface area contributed by atoms with E-state index in [1.54, 1.807) is 12.3 Å². The molecule has 6 nitrogen and oxygen atoms in total. The number of aliphatic hydroxyl groups excluding tert-OH is 3. The lowest BCUT2D eigenvalue weighted by molar-refractivity contribution is 0.0373. The van der Waals surface area contributed by atoms with Crippen LogP contribution in [0.5, 0.6) is 0 Å². The summed E-state index contributed by atoms with van der Waals surface area (Å²) in [4.78, 5) is 15.6. The number of nitrogens with one attached hydrogen (secondary N) is 1. The zero-order valence-electron chi connectivity index (χ0n) is 8.80. The van der Waals surface area contributed by atoms with Crippen molar-refractivity contribution in [3.63, 3.8) is 0 Å². The first-order valence-corrected chi connectivity index (χ1v) is 5.52. The molecule has 0 aliphatic carbocycles. The maximum absolute atomic E-state index is 11.7. The van der Waals surface area contributed by atoms with Crippen LogP contribution in [0.15, 0.2) is 5.38 Å². The number of hydrogen-bond acceptors (Lipinski definition) is 6. The Labute approximate surface area is 96.6 Å². The minimum Gasteiger partial charge on any atom is -0.394 e. The van der Waals surface area contributed by atoms with E-state index in [4.69, 9.17) is 15.3 Å². The normalized spacial score (nSPS) is 11.5. The van der Waals surface area contributed by atoms with E-state index < -0.39 is 31.3 Å². The third kappa shape index (κ3) is 2.76. The van der Waals surface area contributed by atoms with Gasteiger partial charge in [-0.2, -0.15) is 0 Å². The van der Waals surface area contributed by atoms with Gasteiger partial charge in [0.05, 0.1) is 24.8 Å². The number of aryl methyl sites for hydroxylation is 1. The van der Waals surface area contributed by atoms with Crippen molar-refractivity contribution in [1.29, 1.82) is 0 Å². The number of carbonyl (C=O) groups excluding carboxylic acids is 1. The zero-order valence-corrected chi connectivity index (χ0v) is 9.62. The first-order valence-electron chi connectivity index (χ1n) is 4.64. The van der Waals surface area contributed by atoms with Crippen LogP contribution in [0.1, 0.15) is 15.5 Å². The molecular weight excluding hydrogens is 232 g/mol. The summed E-state index contributed by atoms with van der Waals surface area (Å²) in [6.45, 7) is 0.122. The standard InChI is InChI=1S/C9H14N2O4S/c1-6-10-7(2-16-6)8(15)11-9(3-12,4-13)5-14/h2,12-14H,3-5H2,1H3,(H,11,15). The maximum Gasteiger partial charge on any atom is 0.271 e. The molecule has 0 bridgehead atoms. The summed E-state index contributed by atoms with van der Waals surface area (Å²) in [6.07, 6.45) is 0. The number of rotatable bonds is 5. The van der Waals surface area contributed by atoms with Crippen LogP contribution < -0.4 is 5.32 Å². The molecule has 1 aromatic heterocycles. The molecule has 1 heterocycles. The summed E-state index contributed by atoms with van der Waals surface area (Å²) in [5, 5.41) is 31.8. The van der Waals surface area contributed by atoms with Crippen LogP contribution in [0.25, 0.3) is 0 Å². The van der Waals surface area contributed by atoms with Crippen molar-refractivity contribution in [2.75, 3.05) is 19.8 Å². The summed E-state index contributed by atoms with van der Waals surface area (Å²) >= 11 is 1.32. The van der Waals surface area contributed by atoms with Crippen molar-refractivity contribution in [3.05, 3.63) is 16.1 Å². The van der Waals surface area contributed by atoms with E-state index in [1.807, 2.05) is 0 Å². The number of nitrogens with zero attached hydrogens (tertiary/aromatic N) is 1. The van der Waals surface area contributed by atoms with E-state index in [1.165, 1.54) is 11.3 Å². The lowest BCUT2D eigenvalue weighted by Gasteiger charge is -2.28. The molecule has 0 atom stereocenters. The summed E-state index contributed by atoms with van der Waals surface area (Å²) in [5.41, 5.74) is -1.20. The van der Waals surface area contributed by atoms with Crippen LogP contribution in [0.4, 0.5) is 0 Å². The molecular formula is C9H14N2O4S. The van der Waals surface area contributed by atoms with Crippen molar-refractivity contribution in [2.45, 2.75) is 12.5 Å². The van der Waals surface area contributed by atoms with Gasteiger partial charge in [0.2, 0.25) is 0 Å². The van der Waals surface area contributed by atoms with E-state index in [2.05, 4.69) is 10.3 Å². The van der Waals surface area contributed by atoms with Crippen molar-refractivity contribution in [2.24, 2.45) is 0 Å². The quantitative estimate of drug-likeness (QED) is 0.528. The lowest BCUT2D eigenvalue weighted by atomic mass is 10.0. The molecule has 0 fully saturated rings. The molecule has 1 amide bonds. The average Bonchev–Trinajstić information content (AvgIpc) is 2.73. The van der Waals surface area contributed by atoms with E-state index in [-0.39, 0.29) is 5.69 Å². The highest BCUT2D eigenvalue weighted by atomic mass is 32.1. The highest BCUT2D eigenvalue weighted by Gasteiger charge is 2.30. The molecule has 0 unspecified atom stereocenters. The van der Waals surface area contributed by atoms with Crippen LogP contribution in [0, 0.1) is 6.92 Å². The van der Waals surface area contributed by atoms with Crippen LogP contribution in [-0.2, 0) is 0 Å². The molecule has 0 saturated heterocycles. The van der Waals surface area contributed by atoms with Crippen molar-refractivity contribution in [3.8, 4) is 0 Å². The van der Waals surface area contributed by atoms with Gasteiger partial charge in [-0.15, -0.1) is 11.3 Å². The molecule has 0 aliphatic heterocycles. The predicted molar refractivity (Wildman–Crippen MR) is 58.3 cm³/mol. The Morgan fingerprint density at radius 3 is 2.38 bits per heavy atom. The Morgan fingerprint density at radius 2 is 2.00 bits per heavy atom. The van der Waals surface area contributed by atoms with Gasteiger partial charge in [-0.25, -0.2) is 4.98 Å². The maximum atomic E-state index is 11.7. The highest BCUT2D eigenvalue weighted by molar-refractivity contribution is 7.09. The largest absolute Gasteiger partial charge is 0.394 e. The minimum atomic E-state index is -1.41. The van der Waals surface area contributed by atoms with Crippen LogP contribution in [0.3, 0.4) is 0 Å². The predicted octanol–water partition coefficient (Wildman–Crippen LogP) is -1.10. The first kappa shape index (κ1) is 13.0. The fourth-order valence-electron chi connectivity index (χ4n) is 1.04. The average molecular weight is 246 g/mol. The van der Waals surface area contributed by atoms with Crippen molar-refractivity contribution >= 4 is 17.2 Å². The second kappa shape index (κ2) is 5.35. The number of hydrogen-bond donors (Lipinski definition) is 4. The third-order valence-corrected chi connectivity index (χ3v) is 2.91. The SMILES string of the molecule is Cc1nc(C(=O)NC(CO)(CO)CO)cs1. The Hall–Kier alpha value is -1.02. The van der Waals surface area contributed by atoms with E-state index in [0.29, 0.717) is 0 Å². The molecule has 0 spiro atoms. The number of carbonyl (C=O) groups is 1. The minimum absolute atomic E-state index is 0.210. The Balaban J connectivity index is 2.76. The molecule has 90 valence electrons. The number of aromatic nitrogens is 1. The topological polar surface area (TPSA) is 103 Å². The van der Waals surface area contributed by atoms with Gasteiger partial charge in [-0.1, -0.05) is 0 Å². The van der Waals surface area contributed by atoms with Gasteiger partial charge in [0.15, 0.2) is 0 Å². The van der Waals surface area contributed by atoms with Crippen molar-refractivity contribution < 1.29 is 20.1 Å². The lowest BCUT2D eigenvalue weighted by Crippen LogP contribution is -2.57. The number of thiazole rings is 1. The van der Waals surface area contributed by atoms with E-state index in [0.717, 1.165) is 5.01 Å². The monoisotopic (exact) mass is 246 g/mol. The molecule has 0 saturated carbocycles. The summed E-state index contributed by atoms with van der Waals surface area (Å²) < 4.78 is 0. The molecule has 1 aromatic rings. The van der Waals surface area contributed by atoms with Gasteiger partial charge in [0, 0.05) is 5.38 Å². The fraction of sp³-hybridized carbons (Fsp3) is 0.556. The van der Waals surface area contributed by atoms with E-state index >= 15 is 0 Å². The third-order valence-electron chi connectivity index (χ3n) is 2.14. The molecule has 7 heteroatoms. The molecule has 16 heavy (non-hydrogen) atoms. The number of amides is 1. The van der Waals surface area contributed by atoms with Gasteiger partial charge in [-0.05, 0) is 6.92 Å². The Bertz CT molecular complexity index is 354. The Kier molecular flexibility index (Phi) is 4.36. The van der Waals surface area contributed by atoms with Gasteiger partial charge >= 0.3 is 0 Å². The van der Waals surface area contributed by atoms with Gasteiger partial charge in [0.1, 0.15) is 11.2 Å². The molecule has 0 aromatic carbocycles. The molecule has 1 rings (SSSR count). The van der Waals surface area contributed by atoms with Crippen molar-refractivity contribution in [1.82, 2.24) is 10.3 Å². The second-order valence-corrected chi connectivity index (χ2v) is 4.52. The number of aliphatic hydroxyl groups is 3. The van der Waals surface area contributed by atoms with Gasteiger partial charge in [-0.3, -0.25) is 4.79 Å². The van der Waals surface area contributed by atoms with Gasteiger partial charge in [0.25, 0.3) is 5.91 Å². The van der Waals surface area contributed by atoms with E-state index in [9.17, 15) is 4.79 Å². The van der Waals surface area contributed by atoms with Crippen LogP contribution in [0.2, 0.25) is 0 Å². The smallest absolute Gasteiger partial charge is 0.271 e. The first-order chi connectivity index (χ1) is 7.56. The summed E-state index contributed by atoms with van der Waals surface area (Å²) in [5.74, 6) is -0.526. The summed E-state index contributed by atoms with van der Waals surface area (Å²) in [7, 11) is 0. The van der Waals surface area contributed by atoms with Gasteiger partial charge < -0.3 is 20.6 Å².